The highest BCUT2D eigenvalue weighted by atomic mass is 32.2. The number of pyridine rings is 1. The van der Waals surface area contributed by atoms with Crippen molar-refractivity contribution in [3.63, 3.8) is 0 Å². The van der Waals surface area contributed by atoms with E-state index < -0.39 is 10.0 Å². The molecule has 0 saturated carbocycles. The second kappa shape index (κ2) is 7.93. The molecule has 8 nitrogen and oxygen atoms in total. The van der Waals surface area contributed by atoms with E-state index in [1.54, 1.807) is 22.6 Å². The van der Waals surface area contributed by atoms with Gasteiger partial charge in [-0.15, -0.1) is 10.2 Å². The van der Waals surface area contributed by atoms with Gasteiger partial charge in [0.05, 0.1) is 6.54 Å². The molecule has 0 aromatic carbocycles. The first-order valence-electron chi connectivity index (χ1n) is 9.76. The van der Waals surface area contributed by atoms with Crippen molar-refractivity contribution in [2.45, 2.75) is 62.9 Å². The second-order valence-corrected chi connectivity index (χ2v) is 9.07. The fraction of sp³-hybridized carbons (Fsp3) is 0.611. The molecule has 2 aliphatic heterocycles. The van der Waals surface area contributed by atoms with Gasteiger partial charge >= 0.3 is 0 Å². The maximum absolute atomic E-state index is 13.1. The van der Waals surface area contributed by atoms with Crippen LogP contribution >= 0.6 is 0 Å². The number of anilines is 1. The third-order valence-electron chi connectivity index (χ3n) is 5.30. The molecule has 1 fully saturated rings. The number of fused-ring (bicyclic) bond motifs is 1. The van der Waals surface area contributed by atoms with Crippen LogP contribution in [0.4, 0.5) is 5.82 Å². The summed E-state index contributed by atoms with van der Waals surface area (Å²) in [5.41, 5.74) is 0. The Bertz CT molecular complexity index is 889. The molecule has 2 aromatic heterocycles. The molecule has 4 rings (SSSR count). The summed E-state index contributed by atoms with van der Waals surface area (Å²) in [5.74, 6) is 2.24. The van der Waals surface area contributed by atoms with Crippen LogP contribution in [0.3, 0.4) is 0 Å². The van der Waals surface area contributed by atoms with Crippen LogP contribution in [0, 0.1) is 0 Å². The minimum atomic E-state index is -3.54. The number of aryl methyl sites for hydroxylation is 1. The van der Waals surface area contributed by atoms with Crippen molar-refractivity contribution in [3.8, 4) is 0 Å². The Hall–Kier alpha value is -2.00. The standard InChI is InChI=1S/C18H26N6O2S/c25-27(26,23-11-4-2-5-12-23)15-8-7-10-19-18(15)20-14-17-22-21-16-9-3-1-6-13-24(16)17/h7-8,10H,1-6,9,11-14H2,(H,19,20). The molecule has 0 spiro atoms. The highest BCUT2D eigenvalue weighted by Gasteiger charge is 2.28. The summed E-state index contributed by atoms with van der Waals surface area (Å²) in [6.07, 6.45) is 8.94. The van der Waals surface area contributed by atoms with Crippen molar-refractivity contribution in [2.75, 3.05) is 18.4 Å². The van der Waals surface area contributed by atoms with Crippen molar-refractivity contribution >= 4 is 15.8 Å². The smallest absolute Gasteiger partial charge is 0.246 e. The van der Waals surface area contributed by atoms with Gasteiger partial charge in [-0.3, -0.25) is 0 Å². The van der Waals surface area contributed by atoms with E-state index in [2.05, 4.69) is 25.1 Å². The molecule has 2 aromatic rings. The van der Waals surface area contributed by atoms with Gasteiger partial charge in [-0.05, 0) is 37.8 Å². The maximum atomic E-state index is 13.1. The Morgan fingerprint density at radius 3 is 2.63 bits per heavy atom. The van der Waals surface area contributed by atoms with Gasteiger partial charge in [-0.2, -0.15) is 4.31 Å². The van der Waals surface area contributed by atoms with Crippen molar-refractivity contribution in [3.05, 3.63) is 30.0 Å². The number of aromatic nitrogens is 4. The van der Waals surface area contributed by atoms with Gasteiger partial charge in [-0.25, -0.2) is 13.4 Å². The van der Waals surface area contributed by atoms with Crippen LogP contribution < -0.4 is 5.32 Å². The van der Waals surface area contributed by atoms with Crippen molar-refractivity contribution in [1.82, 2.24) is 24.1 Å². The Balaban J connectivity index is 1.55. The molecule has 9 heteroatoms. The molecule has 0 aliphatic carbocycles. The Kier molecular flexibility index (Phi) is 5.40. The first-order valence-corrected chi connectivity index (χ1v) is 11.2. The van der Waals surface area contributed by atoms with E-state index in [1.807, 2.05) is 0 Å². The van der Waals surface area contributed by atoms with Crippen molar-refractivity contribution < 1.29 is 8.42 Å². The number of hydrogen-bond acceptors (Lipinski definition) is 6. The predicted molar refractivity (Wildman–Crippen MR) is 102 cm³/mol. The fourth-order valence-corrected chi connectivity index (χ4v) is 5.45. The SMILES string of the molecule is O=S(=O)(c1cccnc1NCc1nnc2n1CCCCC2)N1CCCCC1. The average Bonchev–Trinajstić information content (AvgIpc) is 2.93. The van der Waals surface area contributed by atoms with E-state index >= 15 is 0 Å². The van der Waals surface area contributed by atoms with Gasteiger partial charge < -0.3 is 9.88 Å². The molecule has 0 atom stereocenters. The zero-order chi connectivity index (χ0) is 18.7. The first-order chi connectivity index (χ1) is 13.2. The van der Waals surface area contributed by atoms with E-state index in [4.69, 9.17) is 0 Å². The summed E-state index contributed by atoms with van der Waals surface area (Å²) >= 11 is 0. The van der Waals surface area contributed by atoms with Crippen molar-refractivity contribution in [2.24, 2.45) is 0 Å². The third-order valence-corrected chi connectivity index (χ3v) is 7.23. The number of nitrogens with one attached hydrogen (secondary N) is 1. The quantitative estimate of drug-likeness (QED) is 0.841. The van der Waals surface area contributed by atoms with E-state index in [-0.39, 0.29) is 4.90 Å². The molecular weight excluding hydrogens is 364 g/mol. The van der Waals surface area contributed by atoms with Crippen LogP contribution in [0.2, 0.25) is 0 Å². The summed E-state index contributed by atoms with van der Waals surface area (Å²) in [4.78, 5) is 4.53. The van der Waals surface area contributed by atoms with Crippen LogP contribution in [0.5, 0.6) is 0 Å². The van der Waals surface area contributed by atoms with Crippen LogP contribution in [0.15, 0.2) is 23.2 Å². The van der Waals surface area contributed by atoms with E-state index in [0.29, 0.717) is 25.5 Å². The van der Waals surface area contributed by atoms with Gasteiger partial charge in [0.15, 0.2) is 5.82 Å². The normalized spacial score (nSPS) is 18.7. The average molecular weight is 391 g/mol. The van der Waals surface area contributed by atoms with Crippen LogP contribution in [-0.4, -0.2) is 45.6 Å². The highest BCUT2D eigenvalue weighted by Crippen LogP contribution is 2.25. The number of nitrogens with zero attached hydrogens (tertiary/aromatic N) is 5. The number of rotatable bonds is 5. The number of hydrogen-bond donors (Lipinski definition) is 1. The lowest BCUT2D eigenvalue weighted by Gasteiger charge is -2.26. The predicted octanol–water partition coefficient (Wildman–Crippen LogP) is 2.19. The number of piperidine rings is 1. The summed E-state index contributed by atoms with van der Waals surface area (Å²) in [7, 11) is -3.54. The van der Waals surface area contributed by atoms with Gasteiger partial charge in [0, 0.05) is 32.3 Å². The Morgan fingerprint density at radius 2 is 1.78 bits per heavy atom. The highest BCUT2D eigenvalue weighted by molar-refractivity contribution is 7.89. The monoisotopic (exact) mass is 390 g/mol. The minimum absolute atomic E-state index is 0.238. The summed E-state index contributed by atoms with van der Waals surface area (Å²) in [5, 5.41) is 11.8. The van der Waals surface area contributed by atoms with E-state index in [9.17, 15) is 8.42 Å². The third kappa shape index (κ3) is 3.84. The fourth-order valence-electron chi connectivity index (χ4n) is 3.81. The van der Waals surface area contributed by atoms with Crippen molar-refractivity contribution in [1.29, 1.82) is 0 Å². The molecule has 1 N–H and O–H groups in total. The summed E-state index contributed by atoms with van der Waals surface area (Å²) < 4.78 is 29.8. The zero-order valence-electron chi connectivity index (χ0n) is 15.5. The van der Waals surface area contributed by atoms with Gasteiger partial charge in [0.2, 0.25) is 10.0 Å². The van der Waals surface area contributed by atoms with Gasteiger partial charge in [0.1, 0.15) is 16.5 Å². The molecular formula is C18H26N6O2S. The maximum Gasteiger partial charge on any atom is 0.246 e. The molecule has 27 heavy (non-hydrogen) atoms. The lowest BCUT2D eigenvalue weighted by molar-refractivity contribution is 0.346. The molecule has 0 unspecified atom stereocenters. The zero-order valence-corrected chi connectivity index (χ0v) is 16.3. The van der Waals surface area contributed by atoms with Crippen LogP contribution in [0.1, 0.15) is 50.2 Å². The summed E-state index contributed by atoms with van der Waals surface area (Å²) in [6.45, 7) is 2.48. The topological polar surface area (TPSA) is 93.0 Å². The van der Waals surface area contributed by atoms with Gasteiger partial charge in [-0.1, -0.05) is 12.8 Å². The Morgan fingerprint density at radius 1 is 1.00 bits per heavy atom. The largest absolute Gasteiger partial charge is 0.362 e. The number of sulfonamides is 1. The van der Waals surface area contributed by atoms with E-state index in [1.165, 1.54) is 6.42 Å². The molecule has 0 amide bonds. The Labute approximate surface area is 160 Å². The molecule has 146 valence electrons. The van der Waals surface area contributed by atoms with Crippen LogP contribution in [-0.2, 0) is 29.5 Å². The van der Waals surface area contributed by atoms with E-state index in [0.717, 1.165) is 56.7 Å². The lowest BCUT2D eigenvalue weighted by Crippen LogP contribution is -2.36. The van der Waals surface area contributed by atoms with Crippen LogP contribution in [0.25, 0.3) is 0 Å². The molecule has 0 radical (unpaired) electrons. The molecule has 2 aliphatic rings. The minimum Gasteiger partial charge on any atom is -0.362 e. The molecule has 4 heterocycles. The van der Waals surface area contributed by atoms with Gasteiger partial charge in [0.25, 0.3) is 0 Å². The first kappa shape index (κ1) is 18.4. The lowest BCUT2D eigenvalue weighted by atomic mass is 10.2. The molecule has 0 bridgehead atoms. The second-order valence-electron chi connectivity index (χ2n) is 7.16. The summed E-state index contributed by atoms with van der Waals surface area (Å²) in [6, 6.07) is 3.30. The molecule has 1 saturated heterocycles.